The van der Waals surface area contributed by atoms with Gasteiger partial charge in [0.1, 0.15) is 0 Å². The van der Waals surface area contributed by atoms with Gasteiger partial charge in [0.05, 0.1) is 17.2 Å². The van der Waals surface area contributed by atoms with Crippen molar-refractivity contribution in [3.05, 3.63) is 59.8 Å². The molecule has 0 saturated carbocycles. The minimum Gasteiger partial charge on any atom is -0.476 e. The number of carboxylic acid groups (broad SMARTS) is 1. The zero-order chi connectivity index (χ0) is 22.1. The predicted molar refractivity (Wildman–Crippen MR) is 114 cm³/mol. The molecule has 30 heavy (non-hydrogen) atoms. The predicted octanol–water partition coefficient (Wildman–Crippen LogP) is 3.47. The Morgan fingerprint density at radius 2 is 1.70 bits per heavy atom. The van der Waals surface area contributed by atoms with Crippen molar-refractivity contribution in [3.63, 3.8) is 0 Å². The third-order valence-corrected chi connectivity index (χ3v) is 5.80. The molecule has 3 rings (SSSR count). The van der Waals surface area contributed by atoms with Crippen molar-refractivity contribution in [1.29, 1.82) is 0 Å². The monoisotopic (exact) mass is 428 g/mol. The van der Waals surface area contributed by atoms with E-state index in [1.165, 1.54) is 6.07 Å². The Labute approximate surface area is 175 Å². The van der Waals surface area contributed by atoms with E-state index in [0.29, 0.717) is 23.4 Å². The molecule has 0 fully saturated rings. The molecule has 1 heterocycles. The molecular weight excluding hydrogens is 404 g/mol. The van der Waals surface area contributed by atoms with E-state index in [-0.39, 0.29) is 23.1 Å². The highest BCUT2D eigenvalue weighted by molar-refractivity contribution is 7.90. The van der Waals surface area contributed by atoms with E-state index in [1.54, 1.807) is 35.0 Å². The first kappa shape index (κ1) is 21.7. The summed E-state index contributed by atoms with van der Waals surface area (Å²) in [5.41, 5.74) is 3.01. The van der Waals surface area contributed by atoms with Crippen LogP contribution in [0.25, 0.3) is 22.4 Å². The molecule has 158 valence electrons. The van der Waals surface area contributed by atoms with E-state index >= 15 is 0 Å². The lowest BCUT2D eigenvalue weighted by Crippen LogP contribution is -2.10. The number of aliphatic hydroxyl groups excluding tert-OH is 1. The van der Waals surface area contributed by atoms with Gasteiger partial charge >= 0.3 is 5.97 Å². The van der Waals surface area contributed by atoms with Gasteiger partial charge in [-0.2, -0.15) is 5.10 Å². The molecule has 2 aromatic carbocycles. The lowest BCUT2D eigenvalue weighted by atomic mass is 10.0. The Morgan fingerprint density at radius 3 is 2.23 bits per heavy atom. The Bertz CT molecular complexity index is 1180. The standard InChI is InChI=1S/C22H24N2O5S/c1-14(2)12-24-20(11-19(23-24)22(26)27)18-9-8-17(10-21(18)30(3,28)29)16-6-4-15(13-25)5-7-16/h4-11,14,25H,12-13H2,1-3H3,(H,26,27). The minimum absolute atomic E-state index is 0.0699. The van der Waals surface area contributed by atoms with Gasteiger partial charge in [0, 0.05) is 18.4 Å². The van der Waals surface area contributed by atoms with E-state index in [2.05, 4.69) is 5.10 Å². The highest BCUT2D eigenvalue weighted by Gasteiger charge is 2.22. The van der Waals surface area contributed by atoms with Crippen LogP contribution in [0.5, 0.6) is 0 Å². The van der Waals surface area contributed by atoms with Gasteiger partial charge in [-0.15, -0.1) is 0 Å². The van der Waals surface area contributed by atoms with E-state index in [9.17, 15) is 23.4 Å². The van der Waals surface area contributed by atoms with Crippen LogP contribution in [0.3, 0.4) is 0 Å². The maximum absolute atomic E-state index is 12.6. The quantitative estimate of drug-likeness (QED) is 0.596. The average Bonchev–Trinajstić information content (AvgIpc) is 3.10. The van der Waals surface area contributed by atoms with E-state index in [1.807, 2.05) is 26.0 Å². The number of rotatable bonds is 7. The number of benzene rings is 2. The largest absolute Gasteiger partial charge is 0.476 e. The Morgan fingerprint density at radius 1 is 1.07 bits per heavy atom. The second kappa shape index (κ2) is 8.41. The van der Waals surface area contributed by atoms with Crippen LogP contribution in [0, 0.1) is 5.92 Å². The molecular formula is C22H24N2O5S. The first-order chi connectivity index (χ1) is 14.1. The van der Waals surface area contributed by atoms with Crippen LogP contribution in [0.15, 0.2) is 53.4 Å². The summed E-state index contributed by atoms with van der Waals surface area (Å²) in [5.74, 6) is -0.975. The number of hydrogen-bond acceptors (Lipinski definition) is 5. The molecule has 0 radical (unpaired) electrons. The second-order valence-corrected chi connectivity index (χ2v) is 9.62. The molecule has 7 nitrogen and oxygen atoms in total. The minimum atomic E-state index is -3.61. The molecule has 0 bridgehead atoms. The molecule has 0 unspecified atom stereocenters. The number of carbonyl (C=O) groups is 1. The number of aliphatic hydroxyl groups is 1. The first-order valence-electron chi connectivity index (χ1n) is 9.46. The number of sulfone groups is 1. The summed E-state index contributed by atoms with van der Waals surface area (Å²) < 4.78 is 26.8. The highest BCUT2D eigenvalue weighted by Crippen LogP contribution is 2.33. The zero-order valence-electron chi connectivity index (χ0n) is 17.0. The van der Waals surface area contributed by atoms with Crippen LogP contribution in [0.2, 0.25) is 0 Å². The first-order valence-corrected chi connectivity index (χ1v) is 11.3. The molecule has 3 aromatic rings. The number of nitrogens with zero attached hydrogens (tertiary/aromatic N) is 2. The summed E-state index contributed by atoms with van der Waals surface area (Å²) in [7, 11) is -3.61. The van der Waals surface area contributed by atoms with Gasteiger partial charge in [-0.25, -0.2) is 13.2 Å². The molecule has 0 amide bonds. The van der Waals surface area contributed by atoms with Crippen LogP contribution in [-0.2, 0) is 23.0 Å². The van der Waals surface area contributed by atoms with Crippen LogP contribution in [-0.4, -0.2) is 40.6 Å². The Hall–Kier alpha value is -2.97. The SMILES string of the molecule is CC(C)Cn1nc(C(=O)O)cc1-c1ccc(-c2ccc(CO)cc2)cc1S(C)(=O)=O. The van der Waals surface area contributed by atoms with Gasteiger partial charge < -0.3 is 10.2 Å². The van der Waals surface area contributed by atoms with Crippen LogP contribution in [0.4, 0.5) is 0 Å². The molecule has 0 aliphatic heterocycles. The number of hydrogen-bond donors (Lipinski definition) is 2. The lowest BCUT2D eigenvalue weighted by molar-refractivity contribution is 0.0689. The van der Waals surface area contributed by atoms with Gasteiger partial charge in [0.2, 0.25) is 0 Å². The van der Waals surface area contributed by atoms with Crippen molar-refractivity contribution < 1.29 is 23.4 Å². The Kier molecular flexibility index (Phi) is 6.09. The molecule has 2 N–H and O–H groups in total. The van der Waals surface area contributed by atoms with E-state index in [4.69, 9.17) is 0 Å². The molecule has 0 atom stereocenters. The van der Waals surface area contributed by atoms with Gasteiger partial charge in [0.15, 0.2) is 15.5 Å². The second-order valence-electron chi connectivity index (χ2n) is 7.63. The maximum Gasteiger partial charge on any atom is 0.356 e. The smallest absolute Gasteiger partial charge is 0.356 e. The van der Waals surface area contributed by atoms with Crippen molar-refractivity contribution in [3.8, 4) is 22.4 Å². The number of aromatic carboxylic acids is 1. The van der Waals surface area contributed by atoms with E-state index < -0.39 is 15.8 Å². The maximum atomic E-state index is 12.6. The van der Waals surface area contributed by atoms with Gasteiger partial charge in [-0.1, -0.05) is 50.2 Å². The molecule has 0 aliphatic carbocycles. The van der Waals surface area contributed by atoms with E-state index in [0.717, 1.165) is 17.4 Å². The van der Waals surface area contributed by atoms with Crippen LogP contribution >= 0.6 is 0 Å². The molecule has 1 aromatic heterocycles. The van der Waals surface area contributed by atoms with Crippen LogP contribution < -0.4 is 0 Å². The van der Waals surface area contributed by atoms with Gasteiger partial charge in [-0.05, 0) is 34.7 Å². The summed E-state index contributed by atoms with van der Waals surface area (Å²) in [6.45, 7) is 4.33. The summed E-state index contributed by atoms with van der Waals surface area (Å²) in [6, 6.07) is 13.7. The topological polar surface area (TPSA) is 109 Å². The highest BCUT2D eigenvalue weighted by atomic mass is 32.2. The van der Waals surface area contributed by atoms with Crippen molar-refractivity contribution >= 4 is 15.8 Å². The summed E-state index contributed by atoms with van der Waals surface area (Å²) in [6.07, 6.45) is 1.13. The number of carboxylic acids is 1. The number of aromatic nitrogens is 2. The lowest BCUT2D eigenvalue weighted by Gasteiger charge is -2.14. The third-order valence-electron chi connectivity index (χ3n) is 4.66. The fourth-order valence-corrected chi connectivity index (χ4v) is 4.16. The fourth-order valence-electron chi connectivity index (χ4n) is 3.25. The zero-order valence-corrected chi connectivity index (χ0v) is 17.8. The van der Waals surface area contributed by atoms with Gasteiger partial charge in [0.25, 0.3) is 0 Å². The molecule has 0 aliphatic rings. The normalized spacial score (nSPS) is 11.8. The van der Waals surface area contributed by atoms with Gasteiger partial charge in [-0.3, -0.25) is 4.68 Å². The fraction of sp³-hybridized carbons (Fsp3) is 0.273. The molecule has 0 spiro atoms. The van der Waals surface area contributed by atoms with Crippen molar-refractivity contribution in [2.75, 3.05) is 6.26 Å². The van der Waals surface area contributed by atoms with Crippen LogP contribution in [0.1, 0.15) is 29.9 Å². The van der Waals surface area contributed by atoms with Crippen molar-refractivity contribution in [2.45, 2.75) is 31.9 Å². The average molecular weight is 429 g/mol. The Balaban J connectivity index is 2.19. The van der Waals surface area contributed by atoms with Crippen molar-refractivity contribution in [2.24, 2.45) is 5.92 Å². The molecule has 8 heteroatoms. The summed E-state index contributed by atoms with van der Waals surface area (Å²) in [5, 5.41) is 22.7. The summed E-state index contributed by atoms with van der Waals surface area (Å²) in [4.78, 5) is 11.5. The summed E-state index contributed by atoms with van der Waals surface area (Å²) >= 11 is 0. The molecule has 0 saturated heterocycles. The van der Waals surface area contributed by atoms with Crippen molar-refractivity contribution in [1.82, 2.24) is 9.78 Å². The third kappa shape index (κ3) is 4.60.